The molecule has 2 unspecified atom stereocenters. The minimum Gasteiger partial charge on any atom is -0.395 e. The summed E-state index contributed by atoms with van der Waals surface area (Å²) in [5.41, 5.74) is 3.50. The number of benzene rings is 2. The van der Waals surface area contributed by atoms with Crippen LogP contribution in [0.5, 0.6) is 0 Å². The molecular formula is C18H20FNO. The summed E-state index contributed by atoms with van der Waals surface area (Å²) in [5, 5.41) is 15.1. The molecule has 0 heterocycles. The van der Waals surface area contributed by atoms with Gasteiger partial charge in [0.1, 0.15) is 0 Å². The maximum absolute atomic E-state index is 13.0. The molecule has 3 heteroatoms. The van der Waals surface area contributed by atoms with E-state index in [9.17, 15) is 9.50 Å². The van der Waals surface area contributed by atoms with Crippen LogP contribution in [0.15, 0.2) is 36.4 Å². The first-order valence-corrected chi connectivity index (χ1v) is 7.38. The van der Waals surface area contributed by atoms with Crippen LogP contribution in [-0.4, -0.2) is 31.5 Å². The van der Waals surface area contributed by atoms with Gasteiger partial charge in [-0.1, -0.05) is 42.5 Å². The third-order valence-corrected chi connectivity index (χ3v) is 4.43. The lowest BCUT2D eigenvalue weighted by Gasteiger charge is -2.26. The van der Waals surface area contributed by atoms with Crippen LogP contribution in [0.1, 0.15) is 17.5 Å². The molecule has 1 aliphatic rings. The summed E-state index contributed by atoms with van der Waals surface area (Å²) in [6, 6.07) is 12.4. The molecule has 2 N–H and O–H groups in total. The lowest BCUT2D eigenvalue weighted by molar-refractivity contribution is 0.215. The molecule has 2 atom stereocenters. The molecule has 0 fully saturated rings. The zero-order valence-corrected chi connectivity index (χ0v) is 12.1. The zero-order chi connectivity index (χ0) is 14.8. The van der Waals surface area contributed by atoms with Gasteiger partial charge in [0.05, 0.1) is 13.3 Å². The summed E-state index contributed by atoms with van der Waals surface area (Å²) in [4.78, 5) is 0. The second-order valence-electron chi connectivity index (χ2n) is 5.51. The van der Waals surface area contributed by atoms with Crippen LogP contribution in [0, 0.1) is 5.92 Å². The van der Waals surface area contributed by atoms with Crippen LogP contribution < -0.4 is 5.32 Å². The highest BCUT2D eigenvalue weighted by Gasteiger charge is 2.28. The Bertz CT molecular complexity index is 671. The predicted octanol–water partition coefficient (Wildman–Crippen LogP) is 3.25. The Morgan fingerprint density at radius 2 is 1.95 bits per heavy atom. The van der Waals surface area contributed by atoms with Crippen molar-refractivity contribution in [1.82, 2.24) is 5.32 Å². The summed E-state index contributed by atoms with van der Waals surface area (Å²) >= 11 is 0. The van der Waals surface area contributed by atoms with Gasteiger partial charge in [0.25, 0.3) is 0 Å². The topological polar surface area (TPSA) is 32.3 Å². The highest BCUT2D eigenvalue weighted by molar-refractivity contribution is 6.09. The molecule has 0 bridgehead atoms. The number of aliphatic hydroxyl groups excluding tert-OH is 1. The Morgan fingerprint density at radius 1 is 1.19 bits per heavy atom. The van der Waals surface area contributed by atoms with Crippen molar-refractivity contribution in [1.29, 1.82) is 0 Å². The average molecular weight is 285 g/mol. The van der Waals surface area contributed by atoms with Crippen molar-refractivity contribution >= 4 is 22.4 Å². The maximum Gasteiger partial charge on any atom is 0.0900 e. The van der Waals surface area contributed by atoms with E-state index in [0.717, 1.165) is 5.57 Å². The largest absolute Gasteiger partial charge is 0.395 e. The van der Waals surface area contributed by atoms with Crippen molar-refractivity contribution in [2.45, 2.75) is 12.5 Å². The van der Waals surface area contributed by atoms with Crippen LogP contribution in [0.4, 0.5) is 4.39 Å². The number of likely N-dealkylation sites (N-methyl/N-ethyl adjacent to an activating group) is 1. The van der Waals surface area contributed by atoms with Gasteiger partial charge in [-0.05, 0) is 40.9 Å². The molecular weight excluding hydrogens is 265 g/mol. The van der Waals surface area contributed by atoms with Crippen molar-refractivity contribution in [3.8, 4) is 0 Å². The maximum atomic E-state index is 13.0. The molecule has 0 amide bonds. The number of rotatable bonds is 6. The predicted molar refractivity (Wildman–Crippen MR) is 85.8 cm³/mol. The first-order valence-electron chi connectivity index (χ1n) is 7.38. The molecule has 0 saturated heterocycles. The van der Waals surface area contributed by atoms with Gasteiger partial charge in [0, 0.05) is 12.0 Å². The second-order valence-corrected chi connectivity index (χ2v) is 5.51. The number of alkyl halides is 1. The Morgan fingerprint density at radius 3 is 2.62 bits per heavy atom. The first kappa shape index (κ1) is 14.2. The van der Waals surface area contributed by atoms with Crippen molar-refractivity contribution in [2.75, 3.05) is 20.3 Å². The van der Waals surface area contributed by atoms with E-state index < -0.39 is 0 Å². The monoisotopic (exact) mass is 285 g/mol. The van der Waals surface area contributed by atoms with Crippen LogP contribution in [0.3, 0.4) is 0 Å². The molecule has 0 aromatic heterocycles. The number of hydrogen-bond donors (Lipinski definition) is 2. The molecule has 2 aromatic rings. The summed E-state index contributed by atoms with van der Waals surface area (Å²) in [6.45, 7) is -0.378. The number of nitrogens with one attached hydrogen (secondary N) is 1. The SMILES string of the molecule is CNC(CO)C(CCF)C1=Cc2cccc3cccc1c23. The van der Waals surface area contributed by atoms with E-state index in [-0.39, 0.29) is 25.2 Å². The van der Waals surface area contributed by atoms with Gasteiger partial charge in [-0.3, -0.25) is 4.39 Å². The Labute approximate surface area is 124 Å². The van der Waals surface area contributed by atoms with Crippen molar-refractivity contribution in [3.63, 3.8) is 0 Å². The van der Waals surface area contributed by atoms with E-state index in [4.69, 9.17) is 0 Å². The Hall–Kier alpha value is -1.71. The van der Waals surface area contributed by atoms with E-state index in [1.165, 1.54) is 21.9 Å². The third-order valence-electron chi connectivity index (χ3n) is 4.43. The zero-order valence-electron chi connectivity index (χ0n) is 12.1. The van der Waals surface area contributed by atoms with Crippen molar-refractivity contribution in [2.24, 2.45) is 5.92 Å². The summed E-state index contributed by atoms with van der Waals surface area (Å²) in [5.74, 6) is -0.0250. The second kappa shape index (κ2) is 5.96. The lowest BCUT2D eigenvalue weighted by atomic mass is 9.85. The van der Waals surface area contributed by atoms with Gasteiger partial charge >= 0.3 is 0 Å². The van der Waals surface area contributed by atoms with Crippen molar-refractivity contribution < 1.29 is 9.50 Å². The normalized spacial score (nSPS) is 16.0. The van der Waals surface area contributed by atoms with Gasteiger partial charge in [-0.15, -0.1) is 0 Å². The van der Waals surface area contributed by atoms with E-state index >= 15 is 0 Å². The van der Waals surface area contributed by atoms with Gasteiger partial charge in [-0.25, -0.2) is 0 Å². The van der Waals surface area contributed by atoms with Crippen LogP contribution in [0.25, 0.3) is 22.4 Å². The smallest absolute Gasteiger partial charge is 0.0900 e. The van der Waals surface area contributed by atoms with Crippen LogP contribution in [-0.2, 0) is 0 Å². The molecule has 0 aliphatic heterocycles. The van der Waals surface area contributed by atoms with Gasteiger partial charge in [-0.2, -0.15) is 0 Å². The minimum absolute atomic E-state index is 0.00479. The van der Waals surface area contributed by atoms with Crippen molar-refractivity contribution in [3.05, 3.63) is 47.5 Å². The number of halogens is 1. The molecule has 0 spiro atoms. The Balaban J connectivity index is 2.09. The fraction of sp³-hybridized carbons (Fsp3) is 0.333. The fourth-order valence-electron chi connectivity index (χ4n) is 3.39. The number of aliphatic hydroxyl groups is 1. The van der Waals surface area contributed by atoms with Gasteiger partial charge < -0.3 is 10.4 Å². The van der Waals surface area contributed by atoms with Gasteiger partial charge in [0.15, 0.2) is 0 Å². The third kappa shape index (κ3) is 2.37. The number of hydrogen-bond acceptors (Lipinski definition) is 2. The van der Waals surface area contributed by atoms with E-state index in [1.54, 1.807) is 0 Å². The fourth-order valence-corrected chi connectivity index (χ4v) is 3.39. The molecule has 0 radical (unpaired) electrons. The standard InChI is InChI=1S/C18H20FNO/c1-20-17(11-21)14(8-9-19)16-10-13-6-2-4-12-5-3-7-15(16)18(12)13/h2-7,10,14,17,20-21H,8-9,11H2,1H3. The first-order chi connectivity index (χ1) is 10.3. The molecule has 2 nitrogen and oxygen atoms in total. The molecule has 21 heavy (non-hydrogen) atoms. The van der Waals surface area contributed by atoms with Crippen LogP contribution in [0.2, 0.25) is 0 Å². The summed E-state index contributed by atoms with van der Waals surface area (Å²) < 4.78 is 13.0. The molecule has 110 valence electrons. The van der Waals surface area contributed by atoms with Crippen LogP contribution >= 0.6 is 0 Å². The van der Waals surface area contributed by atoms with E-state index in [1.807, 2.05) is 19.2 Å². The summed E-state index contributed by atoms with van der Waals surface area (Å²) in [7, 11) is 1.81. The highest BCUT2D eigenvalue weighted by Crippen LogP contribution is 2.42. The minimum atomic E-state index is -0.382. The molecule has 1 aliphatic carbocycles. The highest BCUT2D eigenvalue weighted by atomic mass is 19.1. The van der Waals surface area contributed by atoms with Gasteiger partial charge in [0.2, 0.25) is 0 Å². The lowest BCUT2D eigenvalue weighted by Crippen LogP contribution is -2.37. The summed E-state index contributed by atoms with van der Waals surface area (Å²) in [6.07, 6.45) is 2.57. The van der Waals surface area contributed by atoms with E-state index in [2.05, 4.69) is 35.7 Å². The molecule has 0 saturated carbocycles. The Kier molecular flexibility index (Phi) is 4.04. The molecule has 3 rings (SSSR count). The van der Waals surface area contributed by atoms with E-state index in [0.29, 0.717) is 6.42 Å². The molecule has 2 aromatic carbocycles. The average Bonchev–Trinajstić information content (AvgIpc) is 2.89. The quantitative estimate of drug-likeness (QED) is 0.854.